The number of carbonyl (C=O) groups excluding carboxylic acids is 1. The molecule has 23 heavy (non-hydrogen) atoms. The summed E-state index contributed by atoms with van der Waals surface area (Å²) in [7, 11) is -2.74. The van der Waals surface area contributed by atoms with Crippen LogP contribution in [-0.4, -0.2) is 44.9 Å². The van der Waals surface area contributed by atoms with Gasteiger partial charge in [-0.25, -0.2) is 12.8 Å². The Morgan fingerprint density at radius 3 is 2.57 bits per heavy atom. The molecule has 1 N–H and O–H groups in total. The van der Waals surface area contributed by atoms with Gasteiger partial charge in [-0.1, -0.05) is 13.8 Å². The molecule has 1 aromatic carbocycles. The predicted octanol–water partition coefficient (Wildman–Crippen LogP) is 1.76. The summed E-state index contributed by atoms with van der Waals surface area (Å²) < 4.78 is 44.8. The minimum atomic E-state index is -4.05. The van der Waals surface area contributed by atoms with Gasteiger partial charge in [-0.2, -0.15) is 4.31 Å². The van der Waals surface area contributed by atoms with E-state index in [9.17, 15) is 17.6 Å². The molecule has 1 aromatic rings. The molecular formula is C15H23FN2O4S. The molecule has 0 aliphatic rings. The first-order chi connectivity index (χ1) is 10.8. The summed E-state index contributed by atoms with van der Waals surface area (Å²) in [5, 5.41) is 2.71. The maximum atomic E-state index is 13.4. The summed E-state index contributed by atoms with van der Waals surface area (Å²) in [5.41, 5.74) is 0. The van der Waals surface area contributed by atoms with Crippen LogP contribution in [0.2, 0.25) is 0 Å². The highest BCUT2D eigenvalue weighted by atomic mass is 32.2. The van der Waals surface area contributed by atoms with Crippen molar-refractivity contribution in [3.05, 3.63) is 24.0 Å². The third kappa shape index (κ3) is 4.90. The van der Waals surface area contributed by atoms with Gasteiger partial charge in [0.1, 0.15) is 16.5 Å². The second-order valence-electron chi connectivity index (χ2n) is 5.10. The predicted molar refractivity (Wildman–Crippen MR) is 85.3 cm³/mol. The summed E-state index contributed by atoms with van der Waals surface area (Å²) in [6.45, 7) is 5.10. The van der Waals surface area contributed by atoms with Crippen molar-refractivity contribution in [3.63, 3.8) is 0 Å². The number of methoxy groups -OCH3 is 1. The molecule has 1 rings (SSSR count). The molecular weight excluding hydrogens is 323 g/mol. The number of benzene rings is 1. The summed E-state index contributed by atoms with van der Waals surface area (Å²) in [6.07, 6.45) is 0.738. The van der Waals surface area contributed by atoms with Crippen LogP contribution in [-0.2, 0) is 14.8 Å². The van der Waals surface area contributed by atoms with E-state index in [0.29, 0.717) is 0 Å². The van der Waals surface area contributed by atoms with Crippen LogP contribution >= 0.6 is 0 Å². The van der Waals surface area contributed by atoms with Gasteiger partial charge in [-0.05, 0) is 31.5 Å². The highest BCUT2D eigenvalue weighted by Gasteiger charge is 2.29. The lowest BCUT2D eigenvalue weighted by Crippen LogP contribution is -2.43. The van der Waals surface area contributed by atoms with Crippen molar-refractivity contribution < 1.29 is 22.3 Å². The van der Waals surface area contributed by atoms with Crippen LogP contribution in [0, 0.1) is 5.82 Å². The molecule has 0 radical (unpaired) electrons. The van der Waals surface area contributed by atoms with E-state index in [-0.39, 0.29) is 29.8 Å². The molecule has 1 amide bonds. The number of halogens is 1. The minimum Gasteiger partial charge on any atom is -0.495 e. The van der Waals surface area contributed by atoms with Crippen molar-refractivity contribution >= 4 is 15.9 Å². The van der Waals surface area contributed by atoms with Crippen molar-refractivity contribution in [2.75, 3.05) is 20.2 Å². The summed E-state index contributed by atoms with van der Waals surface area (Å²) >= 11 is 0. The third-order valence-electron chi connectivity index (χ3n) is 3.44. The molecule has 0 aliphatic carbocycles. The molecule has 130 valence electrons. The molecule has 0 aromatic heterocycles. The van der Waals surface area contributed by atoms with Crippen molar-refractivity contribution in [2.45, 2.75) is 38.1 Å². The Labute approximate surface area is 136 Å². The standard InChI is InChI=1S/C15H23FN2O4S/c1-5-11(3)17-15(19)10-18(6-2)23(20,21)14-9-12(16)7-8-13(14)22-4/h7-9,11H,5-6,10H2,1-4H3,(H,17,19)/t11-/m0/s1. The number of hydrogen-bond acceptors (Lipinski definition) is 4. The molecule has 0 saturated heterocycles. The summed E-state index contributed by atoms with van der Waals surface area (Å²) in [5.74, 6) is -1.06. The maximum Gasteiger partial charge on any atom is 0.247 e. The van der Waals surface area contributed by atoms with E-state index in [1.54, 1.807) is 6.92 Å². The van der Waals surface area contributed by atoms with E-state index < -0.39 is 21.7 Å². The van der Waals surface area contributed by atoms with Crippen LogP contribution in [0.3, 0.4) is 0 Å². The number of nitrogens with zero attached hydrogens (tertiary/aromatic N) is 1. The Morgan fingerprint density at radius 2 is 2.04 bits per heavy atom. The number of likely N-dealkylation sites (N-methyl/N-ethyl adjacent to an activating group) is 1. The number of amides is 1. The van der Waals surface area contributed by atoms with Crippen molar-refractivity contribution in [2.24, 2.45) is 0 Å². The van der Waals surface area contributed by atoms with Crippen LogP contribution in [0.1, 0.15) is 27.2 Å². The average Bonchev–Trinajstić information content (AvgIpc) is 2.52. The molecule has 0 fully saturated rings. The Morgan fingerprint density at radius 1 is 1.39 bits per heavy atom. The molecule has 6 nitrogen and oxygen atoms in total. The van der Waals surface area contributed by atoms with Crippen molar-refractivity contribution in [1.29, 1.82) is 0 Å². The fraction of sp³-hybridized carbons (Fsp3) is 0.533. The first-order valence-electron chi connectivity index (χ1n) is 7.39. The number of hydrogen-bond donors (Lipinski definition) is 1. The molecule has 0 aliphatic heterocycles. The fourth-order valence-corrected chi connectivity index (χ4v) is 3.51. The highest BCUT2D eigenvalue weighted by molar-refractivity contribution is 7.89. The minimum absolute atomic E-state index is 0.0344. The SMILES string of the molecule is CC[C@H](C)NC(=O)CN(CC)S(=O)(=O)c1cc(F)ccc1OC. The van der Waals surface area contributed by atoms with E-state index in [0.717, 1.165) is 22.9 Å². The zero-order chi connectivity index (χ0) is 17.6. The molecule has 0 bridgehead atoms. The molecule has 0 spiro atoms. The van der Waals surface area contributed by atoms with Gasteiger partial charge in [0.25, 0.3) is 0 Å². The van der Waals surface area contributed by atoms with Gasteiger partial charge >= 0.3 is 0 Å². The quantitative estimate of drug-likeness (QED) is 0.778. The van der Waals surface area contributed by atoms with Crippen molar-refractivity contribution in [3.8, 4) is 5.75 Å². The second-order valence-corrected chi connectivity index (χ2v) is 7.01. The smallest absolute Gasteiger partial charge is 0.247 e. The van der Waals surface area contributed by atoms with Gasteiger partial charge in [0.05, 0.1) is 13.7 Å². The van der Waals surface area contributed by atoms with Crippen LogP contribution in [0.15, 0.2) is 23.1 Å². The maximum absolute atomic E-state index is 13.4. The van der Waals surface area contributed by atoms with Gasteiger partial charge in [0.2, 0.25) is 15.9 Å². The van der Waals surface area contributed by atoms with Crippen LogP contribution in [0.25, 0.3) is 0 Å². The lowest BCUT2D eigenvalue weighted by molar-refractivity contribution is -0.121. The number of carbonyl (C=O) groups is 1. The number of rotatable bonds is 8. The topological polar surface area (TPSA) is 75.7 Å². The summed E-state index contributed by atoms with van der Waals surface area (Å²) in [6, 6.07) is 3.20. The van der Waals surface area contributed by atoms with Gasteiger partial charge in [-0.3, -0.25) is 4.79 Å². The van der Waals surface area contributed by atoms with E-state index in [1.807, 2.05) is 13.8 Å². The molecule has 8 heteroatoms. The third-order valence-corrected chi connectivity index (χ3v) is 5.38. The number of nitrogens with one attached hydrogen (secondary N) is 1. The highest BCUT2D eigenvalue weighted by Crippen LogP contribution is 2.27. The van der Waals surface area contributed by atoms with Crippen molar-refractivity contribution in [1.82, 2.24) is 9.62 Å². The molecule has 0 heterocycles. The molecule has 0 unspecified atom stereocenters. The lowest BCUT2D eigenvalue weighted by Gasteiger charge is -2.22. The van der Waals surface area contributed by atoms with Crippen LogP contribution in [0.5, 0.6) is 5.75 Å². The monoisotopic (exact) mass is 346 g/mol. The van der Waals surface area contributed by atoms with E-state index in [1.165, 1.54) is 13.2 Å². The average molecular weight is 346 g/mol. The molecule has 1 atom stereocenters. The van der Waals surface area contributed by atoms with Crippen LogP contribution < -0.4 is 10.1 Å². The number of sulfonamides is 1. The van der Waals surface area contributed by atoms with Gasteiger partial charge in [0, 0.05) is 12.6 Å². The number of ether oxygens (including phenoxy) is 1. The van der Waals surface area contributed by atoms with Gasteiger partial charge in [-0.15, -0.1) is 0 Å². The summed E-state index contributed by atoms with van der Waals surface area (Å²) in [4.78, 5) is 11.7. The van der Waals surface area contributed by atoms with E-state index >= 15 is 0 Å². The van der Waals surface area contributed by atoms with Gasteiger partial charge < -0.3 is 10.1 Å². The Kier molecular flexibility index (Phi) is 6.96. The fourth-order valence-electron chi connectivity index (χ4n) is 1.94. The largest absolute Gasteiger partial charge is 0.495 e. The van der Waals surface area contributed by atoms with Gasteiger partial charge in [0.15, 0.2) is 0 Å². The Balaban J connectivity index is 3.09. The van der Waals surface area contributed by atoms with E-state index in [4.69, 9.17) is 4.74 Å². The zero-order valence-electron chi connectivity index (χ0n) is 13.8. The van der Waals surface area contributed by atoms with E-state index in [2.05, 4.69) is 5.32 Å². The zero-order valence-corrected chi connectivity index (χ0v) is 14.6. The van der Waals surface area contributed by atoms with Crippen LogP contribution in [0.4, 0.5) is 4.39 Å². The Bertz CT molecular complexity index is 649. The normalized spacial score (nSPS) is 13.0. The first-order valence-corrected chi connectivity index (χ1v) is 8.83. The molecule has 0 saturated carbocycles. The first kappa shape index (κ1) is 19.4. The Hall–Kier alpha value is -1.67. The second kappa shape index (κ2) is 8.26. The lowest BCUT2D eigenvalue weighted by atomic mass is 10.2.